The average Bonchev–Trinajstić information content (AvgIpc) is 2.31. The van der Waals surface area contributed by atoms with Crippen LogP contribution in [0, 0.1) is 0 Å². The van der Waals surface area contributed by atoms with Gasteiger partial charge in [0.15, 0.2) is 12.4 Å². The van der Waals surface area contributed by atoms with Gasteiger partial charge < -0.3 is 4.74 Å². The van der Waals surface area contributed by atoms with Crippen LogP contribution in [0.5, 0.6) is 0 Å². The van der Waals surface area contributed by atoms with Crippen LogP contribution in [0.3, 0.4) is 0 Å². The van der Waals surface area contributed by atoms with E-state index >= 15 is 0 Å². The van der Waals surface area contributed by atoms with Crippen LogP contribution < -0.4 is 0 Å². The lowest BCUT2D eigenvalue weighted by atomic mass is 10.6. The van der Waals surface area contributed by atoms with E-state index < -0.39 is 0 Å². The minimum absolute atomic E-state index is 0.0958. The molecule has 0 amide bonds. The average molecular weight is 193 g/mol. The van der Waals surface area contributed by atoms with Gasteiger partial charge in [0.05, 0.1) is 0 Å². The summed E-state index contributed by atoms with van der Waals surface area (Å²) in [6.07, 6.45) is 0. The molecule has 0 aliphatic carbocycles. The fraction of sp³-hybridized carbons (Fsp3) is 0.400. The van der Waals surface area contributed by atoms with Gasteiger partial charge in [0.25, 0.3) is 0 Å². The summed E-state index contributed by atoms with van der Waals surface area (Å²) in [6.45, 7) is 1.42. The molecule has 1 aromatic heterocycles. The molecule has 0 unspecified atom stereocenters. The molecule has 1 aromatic rings. The normalized spacial score (nSPS) is 9.64. The molecule has 11 heavy (non-hydrogen) atoms. The molecule has 0 N–H and O–H groups in total. The quantitative estimate of drug-likeness (QED) is 0.662. The van der Waals surface area contributed by atoms with Gasteiger partial charge in [-0.2, -0.15) is 4.37 Å². The third kappa shape index (κ3) is 2.81. The molecule has 0 aromatic carbocycles. The van der Waals surface area contributed by atoms with E-state index in [4.69, 9.17) is 11.6 Å². The first-order valence-corrected chi connectivity index (χ1v) is 3.95. The summed E-state index contributed by atoms with van der Waals surface area (Å²) in [7, 11) is 0. The second-order valence-electron chi connectivity index (χ2n) is 1.74. The molecule has 6 heteroatoms. The molecular formula is C5H5ClN2O2S. The predicted octanol–water partition coefficient (Wildman–Crippen LogP) is 1.25. The number of hydrogen-bond donors (Lipinski definition) is 0. The van der Waals surface area contributed by atoms with E-state index in [0.29, 0.717) is 10.3 Å². The van der Waals surface area contributed by atoms with Gasteiger partial charge in [-0.15, -0.1) is 0 Å². The number of carbonyl (C=O) groups is 1. The van der Waals surface area contributed by atoms with Gasteiger partial charge in [0.1, 0.15) is 0 Å². The van der Waals surface area contributed by atoms with E-state index in [9.17, 15) is 4.79 Å². The first-order chi connectivity index (χ1) is 5.18. The zero-order valence-corrected chi connectivity index (χ0v) is 7.28. The van der Waals surface area contributed by atoms with Crippen LogP contribution in [0.15, 0.2) is 0 Å². The number of aromatic nitrogens is 2. The maximum Gasteiger partial charge on any atom is 0.303 e. The molecule has 0 spiro atoms. The van der Waals surface area contributed by atoms with Crippen LogP contribution in [0.4, 0.5) is 0 Å². The molecule has 0 aliphatic heterocycles. The molecule has 0 saturated carbocycles. The van der Waals surface area contributed by atoms with Gasteiger partial charge in [-0.25, -0.2) is 4.98 Å². The second kappa shape index (κ2) is 3.64. The van der Waals surface area contributed by atoms with Gasteiger partial charge in [-0.05, 0) is 23.1 Å². The van der Waals surface area contributed by atoms with Gasteiger partial charge in [0.2, 0.25) is 4.47 Å². The van der Waals surface area contributed by atoms with Crippen molar-refractivity contribution in [1.82, 2.24) is 9.36 Å². The summed E-state index contributed by atoms with van der Waals surface area (Å²) in [5, 5.41) is 0. The Balaban J connectivity index is 2.45. The van der Waals surface area contributed by atoms with Crippen molar-refractivity contribution >= 4 is 29.1 Å². The van der Waals surface area contributed by atoms with Crippen molar-refractivity contribution in [2.75, 3.05) is 0 Å². The van der Waals surface area contributed by atoms with E-state index in [1.54, 1.807) is 0 Å². The van der Waals surface area contributed by atoms with E-state index in [0.717, 1.165) is 11.5 Å². The highest BCUT2D eigenvalue weighted by molar-refractivity contribution is 7.10. The van der Waals surface area contributed by atoms with Crippen LogP contribution in [0.25, 0.3) is 0 Å². The van der Waals surface area contributed by atoms with Crippen molar-refractivity contribution in [3.05, 3.63) is 10.3 Å². The molecule has 60 valence electrons. The SMILES string of the molecule is CC(=O)OCc1nsc(Cl)n1. The molecule has 1 rings (SSSR count). The number of nitrogens with zero attached hydrogens (tertiary/aromatic N) is 2. The second-order valence-corrected chi connectivity index (χ2v) is 3.08. The number of esters is 1. The van der Waals surface area contributed by atoms with Crippen molar-refractivity contribution in [2.45, 2.75) is 13.5 Å². The summed E-state index contributed by atoms with van der Waals surface area (Å²) >= 11 is 6.55. The summed E-state index contributed by atoms with van der Waals surface area (Å²) in [6, 6.07) is 0. The Hall–Kier alpha value is -0.680. The molecule has 0 saturated heterocycles. The van der Waals surface area contributed by atoms with Crippen LogP contribution >= 0.6 is 23.1 Å². The van der Waals surface area contributed by atoms with Crippen LogP contribution in [0.2, 0.25) is 4.47 Å². The Bertz CT molecular complexity index is 263. The minimum Gasteiger partial charge on any atom is -0.458 e. The van der Waals surface area contributed by atoms with Crippen molar-refractivity contribution in [2.24, 2.45) is 0 Å². The topological polar surface area (TPSA) is 52.1 Å². The van der Waals surface area contributed by atoms with Crippen LogP contribution in [0.1, 0.15) is 12.7 Å². The summed E-state index contributed by atoms with van der Waals surface area (Å²) in [5.41, 5.74) is 0. The Kier molecular flexibility index (Phi) is 2.78. The summed E-state index contributed by atoms with van der Waals surface area (Å²) < 4.78 is 8.79. The minimum atomic E-state index is -0.351. The molecule has 0 aliphatic rings. The van der Waals surface area contributed by atoms with Crippen molar-refractivity contribution in [3.8, 4) is 0 Å². The molecule has 0 bridgehead atoms. The summed E-state index contributed by atoms with van der Waals surface area (Å²) in [5.74, 6) is 0.0890. The number of hydrogen-bond acceptors (Lipinski definition) is 5. The molecule has 0 radical (unpaired) electrons. The van der Waals surface area contributed by atoms with E-state index in [-0.39, 0.29) is 12.6 Å². The fourth-order valence-electron chi connectivity index (χ4n) is 0.457. The first kappa shape index (κ1) is 8.42. The Labute approximate surface area is 72.3 Å². The van der Waals surface area contributed by atoms with Gasteiger partial charge >= 0.3 is 5.97 Å². The predicted molar refractivity (Wildman–Crippen MR) is 40.4 cm³/mol. The number of carbonyl (C=O) groups excluding carboxylic acids is 1. The largest absolute Gasteiger partial charge is 0.458 e. The van der Waals surface area contributed by atoms with Crippen molar-refractivity contribution in [3.63, 3.8) is 0 Å². The standard InChI is InChI=1S/C5H5ClN2O2S/c1-3(9)10-2-4-7-5(6)11-8-4/h2H2,1H3. The van der Waals surface area contributed by atoms with Gasteiger partial charge in [-0.1, -0.05) is 0 Å². The van der Waals surface area contributed by atoms with Crippen LogP contribution in [-0.2, 0) is 16.1 Å². The van der Waals surface area contributed by atoms with Gasteiger partial charge in [-0.3, -0.25) is 4.79 Å². The highest BCUT2D eigenvalue weighted by atomic mass is 35.5. The molecule has 1 heterocycles. The van der Waals surface area contributed by atoms with Crippen LogP contribution in [-0.4, -0.2) is 15.3 Å². The Morgan fingerprint density at radius 1 is 1.82 bits per heavy atom. The maximum atomic E-state index is 10.3. The van der Waals surface area contributed by atoms with Gasteiger partial charge in [0, 0.05) is 6.92 Å². The number of rotatable bonds is 2. The molecule has 4 nitrogen and oxygen atoms in total. The van der Waals surface area contributed by atoms with E-state index in [1.165, 1.54) is 6.92 Å². The highest BCUT2D eigenvalue weighted by Gasteiger charge is 2.02. The lowest BCUT2D eigenvalue weighted by molar-refractivity contribution is -0.142. The Morgan fingerprint density at radius 2 is 2.55 bits per heavy atom. The Morgan fingerprint density at radius 3 is 3.00 bits per heavy atom. The fourth-order valence-corrected chi connectivity index (χ4v) is 1.08. The smallest absolute Gasteiger partial charge is 0.303 e. The third-order valence-corrected chi connectivity index (χ3v) is 1.68. The number of ether oxygens (including phenoxy) is 1. The zero-order valence-electron chi connectivity index (χ0n) is 5.70. The lowest BCUT2D eigenvalue weighted by Gasteiger charge is -1.94. The molecule has 0 atom stereocenters. The molecular weight excluding hydrogens is 188 g/mol. The van der Waals surface area contributed by atoms with E-state index in [2.05, 4.69) is 14.1 Å². The highest BCUT2D eigenvalue weighted by Crippen LogP contribution is 2.10. The van der Waals surface area contributed by atoms with Crippen molar-refractivity contribution in [1.29, 1.82) is 0 Å². The zero-order chi connectivity index (χ0) is 8.27. The first-order valence-electron chi connectivity index (χ1n) is 2.80. The van der Waals surface area contributed by atoms with E-state index in [1.807, 2.05) is 0 Å². The molecule has 0 fully saturated rings. The third-order valence-electron chi connectivity index (χ3n) is 0.848. The van der Waals surface area contributed by atoms with Crippen molar-refractivity contribution < 1.29 is 9.53 Å². The number of halogens is 1. The maximum absolute atomic E-state index is 10.3. The summed E-state index contributed by atoms with van der Waals surface area (Å²) in [4.78, 5) is 14.1. The lowest BCUT2D eigenvalue weighted by Crippen LogP contribution is -1.99. The monoisotopic (exact) mass is 192 g/mol.